The van der Waals surface area contributed by atoms with E-state index in [1.807, 2.05) is 0 Å². The van der Waals surface area contributed by atoms with Crippen molar-refractivity contribution in [2.24, 2.45) is 0 Å². The number of halogens is 4. The summed E-state index contributed by atoms with van der Waals surface area (Å²) >= 11 is 0. The molecule has 218 valence electrons. The molecule has 2 amide bonds. The van der Waals surface area contributed by atoms with E-state index in [4.69, 9.17) is 9.47 Å². The molecule has 0 aliphatic carbocycles. The van der Waals surface area contributed by atoms with Gasteiger partial charge in [-0.2, -0.15) is 18.3 Å². The van der Waals surface area contributed by atoms with Gasteiger partial charge in [-0.15, -0.1) is 0 Å². The number of nitrogens with zero attached hydrogens (tertiary/aromatic N) is 6. The first-order valence-corrected chi connectivity index (χ1v) is 12.7. The summed E-state index contributed by atoms with van der Waals surface area (Å²) < 4.78 is 67.4. The highest BCUT2D eigenvalue weighted by Gasteiger charge is 2.32. The second-order valence-electron chi connectivity index (χ2n) is 10.6. The fourth-order valence-electron chi connectivity index (χ4n) is 4.51. The van der Waals surface area contributed by atoms with Crippen molar-refractivity contribution in [2.75, 3.05) is 26.3 Å². The van der Waals surface area contributed by atoms with Crippen LogP contribution in [-0.2, 0) is 16.0 Å². The lowest BCUT2D eigenvalue weighted by atomic mass is 10.2. The van der Waals surface area contributed by atoms with Crippen LogP contribution in [0.25, 0.3) is 27.9 Å². The molecule has 0 saturated carbocycles. The average molecular weight is 578 g/mol. The van der Waals surface area contributed by atoms with E-state index in [0.29, 0.717) is 5.65 Å². The maximum Gasteiger partial charge on any atom is 0.408 e. The number of ether oxygens (including phenoxy) is 2. The van der Waals surface area contributed by atoms with Crippen molar-refractivity contribution >= 4 is 28.6 Å². The molecule has 1 atom stereocenters. The van der Waals surface area contributed by atoms with E-state index in [1.165, 1.54) is 39.9 Å². The molecule has 4 aromatic heterocycles. The van der Waals surface area contributed by atoms with E-state index in [9.17, 15) is 27.2 Å². The van der Waals surface area contributed by atoms with Crippen molar-refractivity contribution in [1.29, 1.82) is 0 Å². The Labute approximate surface area is 231 Å². The van der Waals surface area contributed by atoms with E-state index >= 15 is 0 Å². The van der Waals surface area contributed by atoms with Crippen molar-refractivity contribution in [1.82, 2.24) is 34.4 Å². The number of alkyl carbamates (subject to hydrolysis) is 1. The lowest BCUT2D eigenvalue weighted by molar-refractivity contribution is -0.141. The second kappa shape index (κ2) is 10.6. The van der Waals surface area contributed by atoms with Gasteiger partial charge in [0.1, 0.15) is 35.0 Å². The normalized spacial score (nSPS) is 16.7. The number of nitrogens with one attached hydrogen (secondary N) is 1. The molecule has 41 heavy (non-hydrogen) atoms. The Hall–Kier alpha value is -4.27. The minimum Gasteiger partial charge on any atom is -0.444 e. The second-order valence-corrected chi connectivity index (χ2v) is 10.6. The summed E-state index contributed by atoms with van der Waals surface area (Å²) in [5.74, 6) is -1.13. The molecular formula is C26H27F4N7O4. The van der Waals surface area contributed by atoms with Crippen molar-refractivity contribution < 1.29 is 36.6 Å². The molecule has 0 bridgehead atoms. The summed E-state index contributed by atoms with van der Waals surface area (Å²) in [6.07, 6.45) is -1.49. The molecule has 5 rings (SSSR count). The zero-order valence-electron chi connectivity index (χ0n) is 22.4. The standard InChI is InChI=1S/C26H27F4N7O4/c1-25(2,3)41-24(39)33-16-12-35(6-7-40-13-16)23(38)18-8-19-17(9-31-18)22(34-37(19)14-26(28,29)30)20-10-32-21-5-4-15(27)11-36(20)21/h4-5,8-11,16H,6-7,12-14H2,1-3H3,(H,33,39). The van der Waals surface area contributed by atoms with Crippen LogP contribution in [0.4, 0.5) is 22.4 Å². The number of amides is 2. The number of rotatable bonds is 4. The number of hydrogen-bond donors (Lipinski definition) is 1. The number of aromatic nitrogens is 5. The third-order valence-corrected chi connectivity index (χ3v) is 6.17. The number of fused-ring (bicyclic) bond motifs is 2. The smallest absolute Gasteiger partial charge is 0.408 e. The van der Waals surface area contributed by atoms with Crippen LogP contribution in [0.1, 0.15) is 31.3 Å². The zero-order valence-corrected chi connectivity index (χ0v) is 22.4. The summed E-state index contributed by atoms with van der Waals surface area (Å²) in [7, 11) is 0. The van der Waals surface area contributed by atoms with Gasteiger partial charge in [-0.3, -0.25) is 18.9 Å². The summed E-state index contributed by atoms with van der Waals surface area (Å²) in [5, 5.41) is 7.07. The maximum absolute atomic E-state index is 14.0. The van der Waals surface area contributed by atoms with Crippen molar-refractivity contribution in [3.63, 3.8) is 0 Å². The number of carbonyl (C=O) groups is 2. The molecule has 1 fully saturated rings. The van der Waals surface area contributed by atoms with Gasteiger partial charge in [0.15, 0.2) is 0 Å². The molecular weight excluding hydrogens is 550 g/mol. The van der Waals surface area contributed by atoms with Gasteiger partial charge in [0.2, 0.25) is 0 Å². The van der Waals surface area contributed by atoms with Crippen molar-refractivity contribution in [3.8, 4) is 11.4 Å². The molecule has 0 radical (unpaired) electrons. The summed E-state index contributed by atoms with van der Waals surface area (Å²) in [5.41, 5.74) is -0.102. The van der Waals surface area contributed by atoms with Crippen LogP contribution in [0, 0.1) is 5.82 Å². The minimum atomic E-state index is -4.61. The summed E-state index contributed by atoms with van der Waals surface area (Å²) in [6, 6.07) is 3.30. The lowest BCUT2D eigenvalue weighted by Gasteiger charge is -2.26. The largest absolute Gasteiger partial charge is 0.444 e. The predicted molar refractivity (Wildman–Crippen MR) is 138 cm³/mol. The zero-order chi connectivity index (χ0) is 29.5. The van der Waals surface area contributed by atoms with Crippen LogP contribution >= 0.6 is 0 Å². The van der Waals surface area contributed by atoms with Gasteiger partial charge in [0.25, 0.3) is 5.91 Å². The van der Waals surface area contributed by atoms with Crippen LogP contribution in [0.2, 0.25) is 0 Å². The third-order valence-electron chi connectivity index (χ3n) is 6.17. The van der Waals surface area contributed by atoms with Gasteiger partial charge >= 0.3 is 12.3 Å². The topological polar surface area (TPSA) is 116 Å². The number of pyridine rings is 2. The molecule has 1 aliphatic heterocycles. The summed E-state index contributed by atoms with van der Waals surface area (Å²) in [4.78, 5) is 35.5. The van der Waals surface area contributed by atoms with E-state index in [0.717, 1.165) is 10.9 Å². The highest BCUT2D eigenvalue weighted by Crippen LogP contribution is 2.31. The molecule has 4 aromatic rings. The first-order valence-electron chi connectivity index (χ1n) is 12.7. The Morgan fingerprint density at radius 2 is 1.95 bits per heavy atom. The van der Waals surface area contributed by atoms with E-state index in [2.05, 4.69) is 20.4 Å². The van der Waals surface area contributed by atoms with Gasteiger partial charge in [-0.1, -0.05) is 0 Å². The van der Waals surface area contributed by atoms with Crippen LogP contribution in [-0.4, -0.2) is 85.2 Å². The number of imidazole rings is 1. The van der Waals surface area contributed by atoms with E-state index in [-0.39, 0.29) is 54.3 Å². The van der Waals surface area contributed by atoms with E-state index < -0.39 is 42.2 Å². The van der Waals surface area contributed by atoms with Gasteiger partial charge in [-0.25, -0.2) is 14.2 Å². The Bertz CT molecular complexity index is 1610. The monoisotopic (exact) mass is 577 g/mol. The molecule has 5 heterocycles. The van der Waals surface area contributed by atoms with Gasteiger partial charge in [-0.05, 0) is 39.0 Å². The number of alkyl halides is 3. The fourth-order valence-corrected chi connectivity index (χ4v) is 4.51. The Kier molecular flexibility index (Phi) is 7.32. The Morgan fingerprint density at radius 3 is 2.68 bits per heavy atom. The number of carbonyl (C=O) groups excluding carboxylic acids is 2. The molecule has 1 aliphatic rings. The predicted octanol–water partition coefficient (Wildman–Crippen LogP) is 3.81. The first-order chi connectivity index (χ1) is 19.3. The number of hydrogen-bond acceptors (Lipinski definition) is 7. The summed E-state index contributed by atoms with van der Waals surface area (Å²) in [6.45, 7) is 4.29. The average Bonchev–Trinajstić information content (AvgIpc) is 3.34. The van der Waals surface area contributed by atoms with E-state index in [1.54, 1.807) is 20.8 Å². The molecule has 1 N–H and O–H groups in total. The van der Waals surface area contributed by atoms with Crippen LogP contribution in [0.3, 0.4) is 0 Å². The molecule has 15 heteroatoms. The lowest BCUT2D eigenvalue weighted by Crippen LogP contribution is -2.47. The van der Waals surface area contributed by atoms with Gasteiger partial charge in [0, 0.05) is 30.9 Å². The minimum absolute atomic E-state index is 0.0107. The molecule has 0 spiro atoms. The molecule has 0 aromatic carbocycles. The van der Waals surface area contributed by atoms with Crippen molar-refractivity contribution in [2.45, 2.75) is 45.1 Å². The highest BCUT2D eigenvalue weighted by atomic mass is 19.4. The van der Waals surface area contributed by atoms with Crippen LogP contribution in [0.15, 0.2) is 36.8 Å². The van der Waals surface area contributed by atoms with Gasteiger partial charge < -0.3 is 19.7 Å². The SMILES string of the molecule is CC(C)(C)OC(=O)NC1COCCN(C(=O)c2cc3c(cn2)c(-c2cnc4ccc(F)cn24)nn3CC(F)(F)F)C1. The molecule has 1 saturated heterocycles. The maximum atomic E-state index is 14.0. The third kappa shape index (κ3) is 6.39. The fraction of sp³-hybridized carbons (Fsp3) is 0.423. The quantitative estimate of drug-likeness (QED) is 0.367. The first kappa shape index (κ1) is 28.3. The van der Waals surface area contributed by atoms with Crippen molar-refractivity contribution in [3.05, 3.63) is 48.3 Å². The molecule has 11 nitrogen and oxygen atoms in total. The molecule has 1 unspecified atom stereocenters. The Morgan fingerprint density at radius 1 is 1.17 bits per heavy atom. The Balaban J connectivity index is 1.48. The highest BCUT2D eigenvalue weighted by molar-refractivity contribution is 5.99. The van der Waals surface area contributed by atoms with Gasteiger partial charge in [0.05, 0.1) is 36.7 Å². The van der Waals surface area contributed by atoms with Crippen LogP contribution < -0.4 is 5.32 Å². The van der Waals surface area contributed by atoms with Crippen LogP contribution in [0.5, 0.6) is 0 Å².